The van der Waals surface area contributed by atoms with E-state index in [9.17, 15) is 12.8 Å². The summed E-state index contributed by atoms with van der Waals surface area (Å²) in [5.74, 6) is -0.470. The van der Waals surface area contributed by atoms with Gasteiger partial charge in [-0.15, -0.1) is 0 Å². The minimum atomic E-state index is -3.58. The molecule has 0 spiro atoms. The topological polar surface area (TPSA) is 57.6 Å². The third-order valence-electron chi connectivity index (χ3n) is 2.37. The van der Waals surface area contributed by atoms with E-state index < -0.39 is 15.8 Å². The van der Waals surface area contributed by atoms with Crippen LogP contribution in [0.5, 0.6) is 0 Å². The quantitative estimate of drug-likeness (QED) is 0.837. The highest BCUT2D eigenvalue weighted by molar-refractivity contribution is 7.89. The molecule has 0 saturated heterocycles. The fourth-order valence-corrected chi connectivity index (χ4v) is 2.94. The average molecular weight is 261 g/mol. The lowest BCUT2D eigenvalue weighted by molar-refractivity contribution is 0.271. The van der Waals surface area contributed by atoms with Crippen LogP contribution in [-0.2, 0) is 10.0 Å². The summed E-state index contributed by atoms with van der Waals surface area (Å²) in [4.78, 5) is 0.0682. The first-order valence-corrected chi connectivity index (χ1v) is 6.83. The van der Waals surface area contributed by atoms with E-state index in [2.05, 4.69) is 0 Å². The highest BCUT2D eigenvalue weighted by atomic mass is 32.2. The van der Waals surface area contributed by atoms with Crippen molar-refractivity contribution in [3.05, 3.63) is 30.1 Å². The molecule has 0 unspecified atom stereocenters. The maximum atomic E-state index is 12.7. The molecule has 0 bridgehead atoms. The lowest BCUT2D eigenvalue weighted by atomic mass is 10.4. The lowest BCUT2D eigenvalue weighted by Crippen LogP contribution is -2.32. The van der Waals surface area contributed by atoms with Crippen molar-refractivity contribution in [3.8, 4) is 0 Å². The number of aliphatic hydroxyl groups is 1. The van der Waals surface area contributed by atoms with Gasteiger partial charge in [0.25, 0.3) is 0 Å². The molecule has 0 amide bonds. The van der Waals surface area contributed by atoms with E-state index in [0.717, 1.165) is 12.1 Å². The summed E-state index contributed by atoms with van der Waals surface area (Å²) in [6, 6.07) is 4.72. The van der Waals surface area contributed by atoms with E-state index in [1.54, 1.807) is 6.92 Å². The van der Waals surface area contributed by atoms with Gasteiger partial charge in [-0.25, -0.2) is 12.8 Å². The zero-order chi connectivity index (χ0) is 12.9. The van der Waals surface area contributed by atoms with Crippen LogP contribution in [0.2, 0.25) is 0 Å². The van der Waals surface area contributed by atoms with Crippen LogP contribution in [0, 0.1) is 5.82 Å². The summed E-state index contributed by atoms with van der Waals surface area (Å²) in [6.45, 7) is 2.24. The van der Waals surface area contributed by atoms with Crippen molar-refractivity contribution in [2.45, 2.75) is 18.2 Å². The van der Waals surface area contributed by atoms with Gasteiger partial charge in [-0.1, -0.05) is 6.92 Å². The summed E-state index contributed by atoms with van der Waals surface area (Å²) in [5.41, 5.74) is 0. The second kappa shape index (κ2) is 6.09. The summed E-state index contributed by atoms with van der Waals surface area (Å²) in [6.07, 6.45) is 0.383. The molecule has 0 fully saturated rings. The number of benzene rings is 1. The molecule has 1 rings (SSSR count). The highest BCUT2D eigenvalue weighted by Crippen LogP contribution is 2.16. The fraction of sp³-hybridized carbons (Fsp3) is 0.455. The van der Waals surface area contributed by atoms with Gasteiger partial charge in [0.15, 0.2) is 0 Å². The maximum absolute atomic E-state index is 12.7. The fourth-order valence-electron chi connectivity index (χ4n) is 1.45. The van der Waals surface area contributed by atoms with Crippen molar-refractivity contribution in [1.29, 1.82) is 0 Å². The van der Waals surface area contributed by atoms with Crippen molar-refractivity contribution < 1.29 is 17.9 Å². The van der Waals surface area contributed by atoms with Crippen molar-refractivity contribution >= 4 is 10.0 Å². The van der Waals surface area contributed by atoms with E-state index in [1.807, 2.05) is 0 Å². The van der Waals surface area contributed by atoms with Crippen molar-refractivity contribution in [2.24, 2.45) is 0 Å². The van der Waals surface area contributed by atoms with E-state index in [4.69, 9.17) is 5.11 Å². The van der Waals surface area contributed by atoms with Gasteiger partial charge >= 0.3 is 0 Å². The molecule has 0 aromatic heterocycles. The second-order valence-corrected chi connectivity index (χ2v) is 5.47. The number of hydrogen-bond acceptors (Lipinski definition) is 3. The molecule has 1 N–H and O–H groups in total. The number of halogens is 1. The molecule has 0 atom stereocenters. The number of sulfonamides is 1. The van der Waals surface area contributed by atoms with Crippen LogP contribution in [0.3, 0.4) is 0 Å². The molecular formula is C11H16FNO3S. The summed E-state index contributed by atoms with van der Waals surface area (Å²) < 4.78 is 38.2. The Morgan fingerprint density at radius 2 is 1.88 bits per heavy atom. The molecule has 1 aromatic rings. The third kappa shape index (κ3) is 3.49. The minimum absolute atomic E-state index is 0.0601. The Kier molecular flexibility index (Phi) is 5.04. The molecule has 0 aliphatic heterocycles. The van der Waals surface area contributed by atoms with Crippen LogP contribution in [0.4, 0.5) is 4.39 Å². The van der Waals surface area contributed by atoms with Gasteiger partial charge in [-0.3, -0.25) is 0 Å². The average Bonchev–Trinajstić information content (AvgIpc) is 2.30. The molecule has 0 aliphatic carbocycles. The number of hydrogen-bond donors (Lipinski definition) is 1. The van der Waals surface area contributed by atoms with E-state index in [1.165, 1.54) is 16.4 Å². The second-order valence-electron chi connectivity index (χ2n) is 3.53. The van der Waals surface area contributed by atoms with Crippen LogP contribution in [0.25, 0.3) is 0 Å². The molecule has 4 nitrogen and oxygen atoms in total. The van der Waals surface area contributed by atoms with Gasteiger partial charge in [0.2, 0.25) is 10.0 Å². The first kappa shape index (κ1) is 14.1. The summed E-state index contributed by atoms with van der Waals surface area (Å²) in [5, 5.41) is 8.71. The van der Waals surface area contributed by atoms with Gasteiger partial charge in [-0.2, -0.15) is 4.31 Å². The molecule has 0 saturated carbocycles. The molecule has 0 aliphatic rings. The number of aliphatic hydroxyl groups excluding tert-OH is 1. The van der Waals surface area contributed by atoms with Gasteiger partial charge in [-0.05, 0) is 30.7 Å². The highest BCUT2D eigenvalue weighted by Gasteiger charge is 2.22. The van der Waals surface area contributed by atoms with Gasteiger partial charge in [0.05, 0.1) is 4.90 Å². The first-order chi connectivity index (χ1) is 8.02. The van der Waals surface area contributed by atoms with Crippen molar-refractivity contribution in [1.82, 2.24) is 4.31 Å². The van der Waals surface area contributed by atoms with E-state index in [-0.39, 0.29) is 18.0 Å². The van der Waals surface area contributed by atoms with Crippen molar-refractivity contribution in [3.63, 3.8) is 0 Å². The molecule has 96 valence electrons. The predicted octanol–water partition coefficient (Wildman–Crippen LogP) is 1.22. The smallest absolute Gasteiger partial charge is 0.243 e. The molecule has 17 heavy (non-hydrogen) atoms. The van der Waals surface area contributed by atoms with Gasteiger partial charge in [0.1, 0.15) is 5.82 Å². The normalized spacial score (nSPS) is 12.0. The SMILES string of the molecule is CCN(CCCO)S(=O)(=O)c1ccc(F)cc1. The van der Waals surface area contributed by atoms with Crippen LogP contribution in [-0.4, -0.2) is 37.5 Å². The zero-order valence-electron chi connectivity index (χ0n) is 9.63. The largest absolute Gasteiger partial charge is 0.396 e. The molecular weight excluding hydrogens is 245 g/mol. The Balaban J connectivity index is 2.95. The zero-order valence-corrected chi connectivity index (χ0v) is 10.5. The Labute approximate surface area is 101 Å². The summed E-state index contributed by atoms with van der Waals surface area (Å²) >= 11 is 0. The molecule has 0 radical (unpaired) electrons. The van der Waals surface area contributed by atoms with Crippen LogP contribution >= 0.6 is 0 Å². The molecule has 0 heterocycles. The molecule has 6 heteroatoms. The van der Waals surface area contributed by atoms with Crippen molar-refractivity contribution in [2.75, 3.05) is 19.7 Å². The first-order valence-electron chi connectivity index (χ1n) is 5.39. The standard InChI is InChI=1S/C11H16FNO3S/c1-2-13(8-3-9-14)17(15,16)11-6-4-10(12)5-7-11/h4-7,14H,2-3,8-9H2,1H3. The van der Waals surface area contributed by atoms with Crippen LogP contribution < -0.4 is 0 Å². The Hall–Kier alpha value is -0.980. The van der Waals surface area contributed by atoms with E-state index in [0.29, 0.717) is 13.0 Å². The Morgan fingerprint density at radius 1 is 1.29 bits per heavy atom. The maximum Gasteiger partial charge on any atom is 0.243 e. The monoisotopic (exact) mass is 261 g/mol. The Morgan fingerprint density at radius 3 is 2.35 bits per heavy atom. The van der Waals surface area contributed by atoms with Crippen LogP contribution in [0.15, 0.2) is 29.2 Å². The van der Waals surface area contributed by atoms with Gasteiger partial charge < -0.3 is 5.11 Å². The number of nitrogens with zero attached hydrogens (tertiary/aromatic N) is 1. The van der Waals surface area contributed by atoms with Gasteiger partial charge in [0, 0.05) is 19.7 Å². The minimum Gasteiger partial charge on any atom is -0.396 e. The number of rotatable bonds is 6. The summed E-state index contributed by atoms with van der Waals surface area (Å²) in [7, 11) is -3.58. The Bertz CT molecular complexity index is 444. The van der Waals surface area contributed by atoms with Crippen LogP contribution in [0.1, 0.15) is 13.3 Å². The van der Waals surface area contributed by atoms with E-state index >= 15 is 0 Å². The molecule has 1 aromatic carbocycles. The lowest BCUT2D eigenvalue weighted by Gasteiger charge is -2.19. The third-order valence-corrected chi connectivity index (χ3v) is 4.36. The predicted molar refractivity (Wildman–Crippen MR) is 62.5 cm³/mol.